The van der Waals surface area contributed by atoms with Crippen molar-refractivity contribution in [3.05, 3.63) is 0 Å². The van der Waals surface area contributed by atoms with Crippen LogP contribution in [0.25, 0.3) is 0 Å². The van der Waals surface area contributed by atoms with Crippen LogP contribution in [-0.4, -0.2) is 56.0 Å². The Balaban J connectivity index is 3.80. The van der Waals surface area contributed by atoms with Gasteiger partial charge in [-0.15, -0.1) is 0 Å². The van der Waals surface area contributed by atoms with Gasteiger partial charge in [-0.3, -0.25) is 4.55 Å². The van der Waals surface area contributed by atoms with Crippen molar-refractivity contribution in [1.82, 2.24) is 0 Å². The van der Waals surface area contributed by atoms with Crippen LogP contribution < -0.4 is 0 Å². The van der Waals surface area contributed by atoms with E-state index in [-0.39, 0.29) is 6.61 Å². The van der Waals surface area contributed by atoms with Gasteiger partial charge in [0, 0.05) is 12.8 Å². The highest BCUT2D eigenvalue weighted by molar-refractivity contribution is 7.80. The van der Waals surface area contributed by atoms with Crippen molar-refractivity contribution in [2.24, 2.45) is 0 Å². The van der Waals surface area contributed by atoms with E-state index in [1.807, 2.05) is 14.1 Å². The minimum absolute atomic E-state index is 0.0652. The maximum absolute atomic E-state index is 10.4. The maximum atomic E-state index is 10.4. The van der Waals surface area contributed by atoms with Crippen LogP contribution in [0.4, 0.5) is 0 Å². The second-order valence-corrected chi connectivity index (χ2v) is 7.23. The van der Waals surface area contributed by atoms with Crippen LogP contribution in [0.2, 0.25) is 0 Å². The first-order valence-electron chi connectivity index (χ1n) is 7.81. The topological polar surface area (TPSA) is 83.8 Å². The summed E-state index contributed by atoms with van der Waals surface area (Å²) >= 11 is 0. The van der Waals surface area contributed by atoms with Crippen molar-refractivity contribution < 1.29 is 26.7 Å². The Hall–Kier alpha value is -0.210. The summed E-state index contributed by atoms with van der Waals surface area (Å²) in [7, 11) is -0.533. The molecule has 0 amide bonds. The van der Waals surface area contributed by atoms with E-state index in [9.17, 15) is 13.5 Å². The van der Waals surface area contributed by atoms with Gasteiger partial charge in [-0.25, -0.2) is 4.18 Å². The van der Waals surface area contributed by atoms with Crippen molar-refractivity contribution in [2.45, 2.75) is 64.5 Å². The first kappa shape index (κ1) is 20.8. The molecular weight excluding hydrogens is 294 g/mol. The van der Waals surface area contributed by atoms with E-state index in [0.717, 1.165) is 19.3 Å². The summed E-state index contributed by atoms with van der Waals surface area (Å²) in [6, 6.07) is 0. The van der Waals surface area contributed by atoms with Crippen molar-refractivity contribution in [3.63, 3.8) is 0 Å². The quantitative estimate of drug-likeness (QED) is 0.235. The average molecular weight is 326 g/mol. The Bertz CT molecular complexity index is 356. The Labute approximate surface area is 129 Å². The SMILES string of the molecule is CCCCCCCCC(O)[N+](C)(C)CCCOS(=O)(=O)O. The fourth-order valence-electron chi connectivity index (χ4n) is 2.24. The first-order chi connectivity index (χ1) is 9.69. The van der Waals surface area contributed by atoms with Crippen LogP contribution in [0.15, 0.2) is 0 Å². The molecular formula is C14H32NO5S+. The number of hydrogen-bond acceptors (Lipinski definition) is 4. The maximum Gasteiger partial charge on any atom is 0.397 e. The second kappa shape index (κ2) is 10.5. The second-order valence-electron chi connectivity index (χ2n) is 6.14. The fraction of sp³-hybridized carbons (Fsp3) is 1.00. The lowest BCUT2D eigenvalue weighted by Crippen LogP contribution is -2.49. The van der Waals surface area contributed by atoms with E-state index in [4.69, 9.17) is 4.55 Å². The number of hydrogen-bond donors (Lipinski definition) is 2. The molecule has 0 bridgehead atoms. The van der Waals surface area contributed by atoms with Crippen molar-refractivity contribution in [3.8, 4) is 0 Å². The first-order valence-corrected chi connectivity index (χ1v) is 9.18. The molecule has 1 unspecified atom stereocenters. The highest BCUT2D eigenvalue weighted by Crippen LogP contribution is 2.14. The normalized spacial score (nSPS) is 14.3. The standard InChI is InChI=1S/C14H31NO5S/c1-4-5-6-7-8-9-11-14(16)15(2,3)12-10-13-20-21(17,18)19/h14,16H,4-13H2,1-3H3/p+1. The van der Waals surface area contributed by atoms with E-state index in [2.05, 4.69) is 11.1 Å². The lowest BCUT2D eigenvalue weighted by Gasteiger charge is -2.34. The van der Waals surface area contributed by atoms with Gasteiger partial charge >= 0.3 is 10.4 Å². The van der Waals surface area contributed by atoms with Gasteiger partial charge in [0.25, 0.3) is 0 Å². The Morgan fingerprint density at radius 1 is 1.05 bits per heavy atom. The molecule has 0 saturated heterocycles. The molecule has 0 saturated carbocycles. The van der Waals surface area contributed by atoms with Gasteiger partial charge in [0.1, 0.15) is 0 Å². The molecule has 0 aliphatic carbocycles. The van der Waals surface area contributed by atoms with E-state index >= 15 is 0 Å². The van der Waals surface area contributed by atoms with Gasteiger partial charge in [0.05, 0.1) is 27.2 Å². The van der Waals surface area contributed by atoms with E-state index in [1.54, 1.807) is 0 Å². The van der Waals surface area contributed by atoms with Crippen LogP contribution in [0.3, 0.4) is 0 Å². The van der Waals surface area contributed by atoms with Gasteiger partial charge in [-0.2, -0.15) is 8.42 Å². The molecule has 1 atom stereocenters. The summed E-state index contributed by atoms with van der Waals surface area (Å²) in [5, 5.41) is 10.2. The van der Waals surface area contributed by atoms with Crippen LogP contribution in [0.1, 0.15) is 58.3 Å². The molecule has 6 nitrogen and oxygen atoms in total. The largest absolute Gasteiger partial charge is 0.397 e. The van der Waals surface area contributed by atoms with Crippen LogP contribution in [0, 0.1) is 0 Å². The zero-order valence-electron chi connectivity index (χ0n) is 13.6. The Morgan fingerprint density at radius 3 is 2.19 bits per heavy atom. The van der Waals surface area contributed by atoms with Crippen molar-refractivity contribution in [1.29, 1.82) is 0 Å². The molecule has 0 aromatic carbocycles. The van der Waals surface area contributed by atoms with Crippen LogP contribution in [0.5, 0.6) is 0 Å². The third kappa shape index (κ3) is 12.1. The molecule has 21 heavy (non-hydrogen) atoms. The smallest absolute Gasteiger partial charge is 0.345 e. The molecule has 0 heterocycles. The number of rotatable bonds is 13. The zero-order valence-corrected chi connectivity index (χ0v) is 14.4. The number of aliphatic hydroxyl groups is 1. The lowest BCUT2D eigenvalue weighted by atomic mass is 10.1. The van der Waals surface area contributed by atoms with Crippen LogP contribution in [-0.2, 0) is 14.6 Å². The number of aliphatic hydroxyl groups excluding tert-OH is 1. The fourth-order valence-corrected chi connectivity index (χ4v) is 2.57. The highest BCUT2D eigenvalue weighted by atomic mass is 32.3. The number of nitrogens with zero attached hydrogens (tertiary/aromatic N) is 1. The molecule has 0 fully saturated rings. The summed E-state index contributed by atoms with van der Waals surface area (Å²) < 4.78 is 34.0. The molecule has 2 N–H and O–H groups in total. The van der Waals surface area contributed by atoms with E-state index < -0.39 is 16.6 Å². The van der Waals surface area contributed by atoms with Gasteiger partial charge < -0.3 is 9.59 Å². The summed E-state index contributed by atoms with van der Waals surface area (Å²) in [5.41, 5.74) is 0. The summed E-state index contributed by atoms with van der Waals surface area (Å²) in [5.74, 6) is 0. The molecule has 0 radical (unpaired) electrons. The number of quaternary nitrogens is 1. The predicted octanol–water partition coefficient (Wildman–Crippen LogP) is 2.34. The van der Waals surface area contributed by atoms with Gasteiger partial charge in [-0.1, -0.05) is 39.0 Å². The zero-order chi connectivity index (χ0) is 16.4. The summed E-state index contributed by atoms with van der Waals surface area (Å²) in [6.45, 7) is 2.71. The molecule has 0 aliphatic rings. The van der Waals surface area contributed by atoms with Gasteiger partial charge in [0.15, 0.2) is 6.23 Å². The van der Waals surface area contributed by atoms with Crippen molar-refractivity contribution in [2.75, 3.05) is 27.2 Å². The highest BCUT2D eigenvalue weighted by Gasteiger charge is 2.25. The van der Waals surface area contributed by atoms with E-state index in [0.29, 0.717) is 17.4 Å². The van der Waals surface area contributed by atoms with E-state index in [1.165, 1.54) is 25.7 Å². The average Bonchev–Trinajstić information content (AvgIpc) is 2.37. The monoisotopic (exact) mass is 326 g/mol. The van der Waals surface area contributed by atoms with Gasteiger partial charge in [0.2, 0.25) is 0 Å². The predicted molar refractivity (Wildman–Crippen MR) is 83.1 cm³/mol. The van der Waals surface area contributed by atoms with Gasteiger partial charge in [-0.05, 0) is 6.42 Å². The molecule has 0 aromatic rings. The van der Waals surface area contributed by atoms with Crippen LogP contribution >= 0.6 is 0 Å². The Kier molecular flexibility index (Phi) is 10.4. The lowest BCUT2D eigenvalue weighted by molar-refractivity contribution is -0.937. The molecule has 0 rings (SSSR count). The van der Waals surface area contributed by atoms with Crippen molar-refractivity contribution >= 4 is 10.4 Å². The molecule has 128 valence electrons. The number of unbranched alkanes of at least 4 members (excludes halogenated alkanes) is 5. The molecule has 0 aliphatic heterocycles. The minimum atomic E-state index is -4.36. The molecule has 0 spiro atoms. The third-order valence-electron chi connectivity index (χ3n) is 3.73. The third-order valence-corrected chi connectivity index (χ3v) is 4.20. The minimum Gasteiger partial charge on any atom is -0.345 e. The molecule has 0 aromatic heterocycles. The summed E-state index contributed by atoms with van der Waals surface area (Å²) in [6.07, 6.45) is 7.89. The summed E-state index contributed by atoms with van der Waals surface area (Å²) in [4.78, 5) is 0. The molecule has 7 heteroatoms. The Morgan fingerprint density at radius 2 is 1.62 bits per heavy atom.